The summed E-state index contributed by atoms with van der Waals surface area (Å²) in [5.74, 6) is 0.463. The number of rotatable bonds is 16. The molecule has 0 bridgehead atoms. The van der Waals surface area contributed by atoms with Crippen LogP contribution in [0, 0.1) is 0 Å². The molecule has 0 fully saturated rings. The first-order chi connectivity index (χ1) is 11.5. The van der Waals surface area contributed by atoms with Gasteiger partial charge in [-0.1, -0.05) is 0 Å². The number of aliphatic hydroxyl groups is 1. The van der Waals surface area contributed by atoms with Gasteiger partial charge in [-0.15, -0.1) is 0 Å². The third-order valence-electron chi connectivity index (χ3n) is 3.35. The van der Waals surface area contributed by atoms with E-state index in [1.807, 2.05) is 6.26 Å². The maximum absolute atomic E-state index is 11.3. The number of thioether (sulfide) groups is 1. The van der Waals surface area contributed by atoms with E-state index in [0.717, 1.165) is 18.8 Å². The van der Waals surface area contributed by atoms with Gasteiger partial charge >= 0.3 is 14.8 Å². The summed E-state index contributed by atoms with van der Waals surface area (Å²) in [5, 5.41) is 16.1. The molecular formula is C14H32N2O6SSi. The van der Waals surface area contributed by atoms with Crippen LogP contribution in [0.3, 0.4) is 0 Å². The van der Waals surface area contributed by atoms with Gasteiger partial charge in [-0.05, 0) is 12.8 Å². The molecular weight excluding hydrogens is 352 g/mol. The smallest absolute Gasteiger partial charge is 0.463 e. The molecule has 0 aromatic heterocycles. The summed E-state index contributed by atoms with van der Waals surface area (Å²) in [5.41, 5.74) is 0. The van der Waals surface area contributed by atoms with Gasteiger partial charge in [-0.2, -0.15) is 11.8 Å². The summed E-state index contributed by atoms with van der Waals surface area (Å²) in [7, 11) is 2.27. The molecule has 0 saturated heterocycles. The predicted molar refractivity (Wildman–Crippen MR) is 97.3 cm³/mol. The molecule has 0 aromatic carbocycles. The average molecular weight is 385 g/mol. The van der Waals surface area contributed by atoms with Crippen molar-refractivity contribution < 1.29 is 27.9 Å². The van der Waals surface area contributed by atoms with Crippen LogP contribution in [0.1, 0.15) is 6.42 Å². The Bertz CT molecular complexity index is 315. The van der Waals surface area contributed by atoms with E-state index in [-0.39, 0.29) is 12.6 Å². The van der Waals surface area contributed by atoms with E-state index in [4.69, 9.17) is 18.0 Å². The minimum Gasteiger partial charge on any atom is -0.463 e. The Morgan fingerprint density at radius 2 is 1.75 bits per heavy atom. The fraction of sp³-hybridized carbons (Fsp3) is 0.929. The zero-order valence-electron chi connectivity index (χ0n) is 15.1. The monoisotopic (exact) mass is 384 g/mol. The van der Waals surface area contributed by atoms with Gasteiger partial charge in [-0.25, -0.2) is 0 Å². The van der Waals surface area contributed by atoms with Crippen molar-refractivity contribution in [3.05, 3.63) is 0 Å². The van der Waals surface area contributed by atoms with E-state index >= 15 is 0 Å². The minimum atomic E-state index is -2.51. The van der Waals surface area contributed by atoms with E-state index in [1.165, 1.54) is 0 Å². The van der Waals surface area contributed by atoms with Gasteiger partial charge in [-0.3, -0.25) is 4.79 Å². The molecule has 144 valence electrons. The topological polar surface area (TPSA) is 98.3 Å². The Morgan fingerprint density at radius 1 is 1.12 bits per heavy atom. The first-order valence-electron chi connectivity index (χ1n) is 7.93. The third kappa shape index (κ3) is 11.4. The summed E-state index contributed by atoms with van der Waals surface area (Å²) in [6, 6.07) is 0.686. The molecule has 0 saturated carbocycles. The first kappa shape index (κ1) is 23.8. The van der Waals surface area contributed by atoms with E-state index < -0.39 is 14.9 Å². The highest BCUT2D eigenvalue weighted by Gasteiger charge is 2.36. The number of carbonyl (C=O) groups excluding carboxylic acids is 1. The van der Waals surface area contributed by atoms with Crippen LogP contribution < -0.4 is 10.6 Å². The van der Waals surface area contributed by atoms with Crippen molar-refractivity contribution in [1.82, 2.24) is 10.6 Å². The number of aliphatic hydroxyl groups excluding tert-OH is 1. The van der Waals surface area contributed by atoms with E-state index in [1.54, 1.807) is 33.1 Å². The molecule has 0 amide bonds. The van der Waals surface area contributed by atoms with Gasteiger partial charge in [0.2, 0.25) is 0 Å². The number of esters is 1. The lowest BCUT2D eigenvalue weighted by Gasteiger charge is -2.24. The SMILES string of the molecule is CO[Si](CCNCCNCC(O)COC(=O)CCSC)(OC)OC. The summed E-state index contributed by atoms with van der Waals surface area (Å²) in [6.07, 6.45) is 1.61. The molecule has 0 aliphatic carbocycles. The molecule has 8 nitrogen and oxygen atoms in total. The van der Waals surface area contributed by atoms with Gasteiger partial charge in [0.15, 0.2) is 0 Å². The van der Waals surface area contributed by atoms with Crippen molar-refractivity contribution >= 4 is 26.5 Å². The second-order valence-electron chi connectivity index (χ2n) is 5.08. The van der Waals surface area contributed by atoms with Crippen LogP contribution in [0.4, 0.5) is 0 Å². The van der Waals surface area contributed by atoms with Crippen LogP contribution >= 0.6 is 11.8 Å². The molecule has 0 rings (SSSR count). The second-order valence-corrected chi connectivity index (χ2v) is 9.16. The molecule has 1 atom stereocenters. The number of hydrogen-bond donors (Lipinski definition) is 3. The fourth-order valence-electron chi connectivity index (χ4n) is 1.87. The molecule has 0 radical (unpaired) electrons. The Morgan fingerprint density at radius 3 is 2.33 bits per heavy atom. The van der Waals surface area contributed by atoms with Gasteiger partial charge in [0.25, 0.3) is 0 Å². The predicted octanol–water partition coefficient (Wildman–Crippen LogP) is -0.299. The van der Waals surface area contributed by atoms with Crippen molar-refractivity contribution in [3.63, 3.8) is 0 Å². The van der Waals surface area contributed by atoms with Crippen LogP contribution in [0.2, 0.25) is 6.04 Å². The Hall–Kier alpha value is -0.203. The molecule has 24 heavy (non-hydrogen) atoms. The van der Waals surface area contributed by atoms with E-state index in [0.29, 0.717) is 25.6 Å². The normalized spacial score (nSPS) is 13.0. The molecule has 0 aliphatic rings. The molecule has 0 aliphatic heterocycles. The van der Waals surface area contributed by atoms with Crippen molar-refractivity contribution in [2.75, 3.05) is 66.1 Å². The minimum absolute atomic E-state index is 0.0251. The summed E-state index contributed by atoms with van der Waals surface area (Å²) in [4.78, 5) is 11.3. The zero-order chi connectivity index (χ0) is 18.3. The Balaban J connectivity index is 3.57. The van der Waals surface area contributed by atoms with Crippen LogP contribution in [0.5, 0.6) is 0 Å². The molecule has 0 heterocycles. The maximum atomic E-state index is 11.3. The van der Waals surface area contributed by atoms with Crippen LogP contribution in [0.15, 0.2) is 0 Å². The van der Waals surface area contributed by atoms with Crippen molar-refractivity contribution in [1.29, 1.82) is 0 Å². The Kier molecular flexibility index (Phi) is 15.0. The van der Waals surface area contributed by atoms with Gasteiger partial charge in [0, 0.05) is 52.8 Å². The average Bonchev–Trinajstić information content (AvgIpc) is 2.61. The molecule has 1 unspecified atom stereocenters. The van der Waals surface area contributed by atoms with Crippen molar-refractivity contribution in [2.24, 2.45) is 0 Å². The standard InChI is InChI=1S/C14H32N2O6SSi/c1-19-24(20-2,21-3)10-8-15-6-7-16-11-13(17)12-22-14(18)5-9-23-4/h13,15-17H,5-12H2,1-4H3. The highest BCUT2D eigenvalue weighted by atomic mass is 32.2. The van der Waals surface area contributed by atoms with E-state index in [9.17, 15) is 9.90 Å². The summed E-state index contributed by atoms with van der Waals surface area (Å²) in [6.45, 7) is 2.56. The third-order valence-corrected chi connectivity index (χ3v) is 6.69. The lowest BCUT2D eigenvalue weighted by Crippen LogP contribution is -2.45. The van der Waals surface area contributed by atoms with Crippen LogP contribution in [-0.4, -0.2) is 92.1 Å². The van der Waals surface area contributed by atoms with Crippen molar-refractivity contribution in [3.8, 4) is 0 Å². The van der Waals surface area contributed by atoms with Gasteiger partial charge in [0.1, 0.15) is 12.7 Å². The molecule has 0 aromatic rings. The lowest BCUT2D eigenvalue weighted by atomic mass is 10.3. The highest BCUT2D eigenvalue weighted by Crippen LogP contribution is 2.10. The molecule has 3 N–H and O–H groups in total. The number of carbonyl (C=O) groups is 1. The van der Waals surface area contributed by atoms with Gasteiger partial charge in [0.05, 0.1) is 6.42 Å². The fourth-order valence-corrected chi connectivity index (χ4v) is 3.84. The quantitative estimate of drug-likeness (QED) is 0.188. The number of hydrogen-bond acceptors (Lipinski definition) is 9. The van der Waals surface area contributed by atoms with Crippen molar-refractivity contribution in [2.45, 2.75) is 18.6 Å². The second kappa shape index (κ2) is 15.1. The zero-order valence-corrected chi connectivity index (χ0v) is 16.9. The first-order valence-corrected chi connectivity index (χ1v) is 11.3. The van der Waals surface area contributed by atoms with E-state index in [2.05, 4.69) is 10.6 Å². The summed E-state index contributed by atoms with van der Waals surface area (Å²) >= 11 is 1.59. The molecule has 0 spiro atoms. The molecule has 10 heteroatoms. The maximum Gasteiger partial charge on any atom is 0.501 e. The lowest BCUT2D eigenvalue weighted by molar-refractivity contribution is -0.146. The summed E-state index contributed by atoms with van der Waals surface area (Å²) < 4.78 is 21.0. The largest absolute Gasteiger partial charge is 0.501 e. The van der Waals surface area contributed by atoms with Crippen LogP contribution in [-0.2, 0) is 22.8 Å². The van der Waals surface area contributed by atoms with Crippen LogP contribution in [0.25, 0.3) is 0 Å². The number of nitrogens with one attached hydrogen (secondary N) is 2. The highest BCUT2D eigenvalue weighted by molar-refractivity contribution is 7.98. The Labute approximate surface area is 150 Å². The number of ether oxygens (including phenoxy) is 1. The van der Waals surface area contributed by atoms with Gasteiger partial charge < -0.3 is 33.8 Å².